The van der Waals surface area contributed by atoms with E-state index in [2.05, 4.69) is 19.9 Å². The van der Waals surface area contributed by atoms with E-state index in [1.807, 2.05) is 13.0 Å². The zero-order chi connectivity index (χ0) is 13.1. The van der Waals surface area contributed by atoms with Gasteiger partial charge >= 0.3 is 5.97 Å². The van der Waals surface area contributed by atoms with Gasteiger partial charge in [-0.1, -0.05) is 38.0 Å². The quantitative estimate of drug-likeness (QED) is 0.355. The molecule has 0 saturated heterocycles. The predicted molar refractivity (Wildman–Crippen MR) is 72.9 cm³/mol. The number of hydrogen-bond donors (Lipinski definition) is 0. The molecule has 0 spiro atoms. The minimum Gasteiger partial charge on any atom is -0.466 e. The molecule has 0 aromatic carbocycles. The molecule has 0 atom stereocenters. The summed E-state index contributed by atoms with van der Waals surface area (Å²) in [4.78, 5) is 11.3. The maximum Gasteiger partial charge on any atom is 0.333 e. The third-order valence-corrected chi connectivity index (χ3v) is 2.95. The van der Waals surface area contributed by atoms with Crippen LogP contribution in [0.15, 0.2) is 23.3 Å². The lowest BCUT2D eigenvalue weighted by Gasteiger charge is -2.05. The first-order valence-electron chi connectivity index (χ1n) is 6.60. The van der Waals surface area contributed by atoms with Gasteiger partial charge in [-0.3, -0.25) is 0 Å². The van der Waals surface area contributed by atoms with Crippen molar-refractivity contribution in [3.8, 4) is 0 Å². The number of allylic oxidation sites excluding steroid dienone is 3. The number of hydrogen-bond acceptors (Lipinski definition) is 2. The van der Waals surface area contributed by atoms with Crippen LogP contribution in [0, 0.1) is 0 Å². The number of rotatable bonds is 8. The molecule has 0 fully saturated rings. The van der Waals surface area contributed by atoms with Crippen LogP contribution in [-0.2, 0) is 9.53 Å². The van der Waals surface area contributed by atoms with Crippen molar-refractivity contribution >= 4 is 5.97 Å². The van der Waals surface area contributed by atoms with Gasteiger partial charge in [-0.2, -0.15) is 0 Å². The zero-order valence-corrected chi connectivity index (χ0v) is 11.7. The normalized spacial score (nSPS) is 12.7. The van der Waals surface area contributed by atoms with Crippen LogP contribution in [0.2, 0.25) is 0 Å². The van der Waals surface area contributed by atoms with E-state index in [1.165, 1.54) is 31.9 Å². The van der Waals surface area contributed by atoms with Gasteiger partial charge in [-0.25, -0.2) is 4.79 Å². The molecule has 0 saturated carbocycles. The van der Waals surface area contributed by atoms with E-state index < -0.39 is 0 Å². The molecule has 0 bridgehead atoms. The molecule has 0 unspecified atom stereocenters. The van der Waals surface area contributed by atoms with Crippen molar-refractivity contribution in [2.75, 3.05) is 7.11 Å². The summed E-state index contributed by atoms with van der Waals surface area (Å²) in [7, 11) is 1.43. The first kappa shape index (κ1) is 16.0. The number of unbranched alkanes of at least 4 members (excludes halogenated alkanes) is 1. The van der Waals surface area contributed by atoms with E-state index >= 15 is 0 Å². The van der Waals surface area contributed by atoms with Gasteiger partial charge in [-0.15, -0.1) is 0 Å². The average molecular weight is 238 g/mol. The van der Waals surface area contributed by atoms with Crippen LogP contribution in [-0.4, -0.2) is 13.1 Å². The Morgan fingerprint density at radius 1 is 1.24 bits per heavy atom. The summed E-state index contributed by atoms with van der Waals surface area (Å²) in [5, 5.41) is 0. The number of carbonyl (C=O) groups excluding carboxylic acids is 1. The lowest BCUT2D eigenvalue weighted by molar-refractivity contribution is -0.136. The fourth-order valence-corrected chi connectivity index (χ4v) is 1.75. The molecule has 2 heteroatoms. The summed E-state index contributed by atoms with van der Waals surface area (Å²) >= 11 is 0. The second-order valence-corrected chi connectivity index (χ2v) is 4.16. The molecule has 0 heterocycles. The van der Waals surface area contributed by atoms with Gasteiger partial charge in [0.1, 0.15) is 0 Å². The molecular weight excluding hydrogens is 212 g/mol. The fraction of sp³-hybridized carbons (Fsp3) is 0.667. The molecule has 0 aliphatic heterocycles. The molecule has 2 nitrogen and oxygen atoms in total. The summed E-state index contributed by atoms with van der Waals surface area (Å²) in [5.74, 6) is -0.201. The standard InChI is InChI=1S/C15H26O2/c1-5-8-10-13(6-2)11-9-12-14(7-3)15(16)17-4/h7,11H,5-6,8-10,12H2,1-4H3. The number of ether oxygens (including phenoxy) is 1. The summed E-state index contributed by atoms with van der Waals surface area (Å²) in [6.45, 7) is 6.29. The van der Waals surface area contributed by atoms with Crippen molar-refractivity contribution in [2.45, 2.75) is 59.3 Å². The highest BCUT2D eigenvalue weighted by Gasteiger charge is 2.06. The van der Waals surface area contributed by atoms with Crippen LogP contribution in [0.5, 0.6) is 0 Å². The van der Waals surface area contributed by atoms with Gasteiger partial charge < -0.3 is 4.74 Å². The fourth-order valence-electron chi connectivity index (χ4n) is 1.75. The Morgan fingerprint density at radius 2 is 1.94 bits per heavy atom. The Hall–Kier alpha value is -1.05. The topological polar surface area (TPSA) is 26.3 Å². The number of esters is 1. The van der Waals surface area contributed by atoms with Crippen LogP contribution in [0.4, 0.5) is 0 Å². The SMILES string of the molecule is CC=C(CCC=C(CC)CCCC)C(=O)OC. The minimum absolute atomic E-state index is 0.201. The third-order valence-electron chi connectivity index (χ3n) is 2.95. The van der Waals surface area contributed by atoms with Crippen LogP contribution < -0.4 is 0 Å². The van der Waals surface area contributed by atoms with E-state index in [1.54, 1.807) is 0 Å². The first-order valence-corrected chi connectivity index (χ1v) is 6.60. The van der Waals surface area contributed by atoms with Crippen LogP contribution >= 0.6 is 0 Å². The Labute approximate surface area is 106 Å². The Bertz CT molecular complexity index is 275. The Balaban J connectivity index is 4.16. The van der Waals surface area contributed by atoms with Gasteiger partial charge in [0.2, 0.25) is 0 Å². The first-order chi connectivity index (χ1) is 8.19. The molecule has 0 aromatic rings. The van der Waals surface area contributed by atoms with Crippen molar-refractivity contribution in [1.29, 1.82) is 0 Å². The van der Waals surface area contributed by atoms with Gasteiger partial charge in [-0.05, 0) is 39.0 Å². The molecule has 0 amide bonds. The second kappa shape index (κ2) is 10.1. The predicted octanol–water partition coefficient (Wildman–Crippen LogP) is 4.41. The van der Waals surface area contributed by atoms with E-state index in [4.69, 9.17) is 4.74 Å². The van der Waals surface area contributed by atoms with E-state index in [-0.39, 0.29) is 5.97 Å². The maximum absolute atomic E-state index is 11.3. The Morgan fingerprint density at radius 3 is 2.41 bits per heavy atom. The van der Waals surface area contributed by atoms with E-state index in [0.29, 0.717) is 0 Å². The van der Waals surface area contributed by atoms with Gasteiger partial charge in [0.05, 0.1) is 7.11 Å². The zero-order valence-electron chi connectivity index (χ0n) is 11.7. The van der Waals surface area contributed by atoms with Crippen LogP contribution in [0.25, 0.3) is 0 Å². The van der Waals surface area contributed by atoms with Crippen molar-refractivity contribution in [3.63, 3.8) is 0 Å². The third kappa shape index (κ3) is 6.98. The summed E-state index contributed by atoms with van der Waals surface area (Å²) < 4.78 is 4.72. The van der Waals surface area contributed by atoms with Crippen LogP contribution in [0.1, 0.15) is 59.3 Å². The number of carbonyl (C=O) groups is 1. The van der Waals surface area contributed by atoms with Gasteiger partial charge in [0, 0.05) is 5.57 Å². The largest absolute Gasteiger partial charge is 0.466 e. The van der Waals surface area contributed by atoms with Crippen molar-refractivity contribution in [2.24, 2.45) is 0 Å². The molecule has 98 valence electrons. The highest BCUT2D eigenvalue weighted by molar-refractivity contribution is 5.88. The van der Waals surface area contributed by atoms with Gasteiger partial charge in [0.25, 0.3) is 0 Å². The summed E-state index contributed by atoms with van der Waals surface area (Å²) in [5.41, 5.74) is 2.28. The van der Waals surface area contributed by atoms with E-state index in [0.717, 1.165) is 24.8 Å². The molecule has 0 aliphatic rings. The smallest absolute Gasteiger partial charge is 0.333 e. The molecule has 0 N–H and O–H groups in total. The molecule has 0 radical (unpaired) electrons. The molecular formula is C15H26O2. The van der Waals surface area contributed by atoms with Crippen LogP contribution in [0.3, 0.4) is 0 Å². The highest BCUT2D eigenvalue weighted by Crippen LogP contribution is 2.15. The monoisotopic (exact) mass is 238 g/mol. The minimum atomic E-state index is -0.201. The molecule has 0 rings (SSSR count). The highest BCUT2D eigenvalue weighted by atomic mass is 16.5. The summed E-state index contributed by atoms with van der Waals surface area (Å²) in [6.07, 6.45) is 10.6. The van der Waals surface area contributed by atoms with E-state index in [9.17, 15) is 4.79 Å². The average Bonchev–Trinajstić information content (AvgIpc) is 2.37. The molecule has 17 heavy (non-hydrogen) atoms. The van der Waals surface area contributed by atoms with Crippen molar-refractivity contribution < 1.29 is 9.53 Å². The number of methoxy groups -OCH3 is 1. The molecule has 0 aliphatic carbocycles. The molecule has 0 aromatic heterocycles. The maximum atomic E-state index is 11.3. The van der Waals surface area contributed by atoms with Crippen molar-refractivity contribution in [3.05, 3.63) is 23.3 Å². The Kier molecular flexibility index (Phi) is 9.50. The summed E-state index contributed by atoms with van der Waals surface area (Å²) in [6, 6.07) is 0. The van der Waals surface area contributed by atoms with Crippen molar-refractivity contribution in [1.82, 2.24) is 0 Å². The van der Waals surface area contributed by atoms with Gasteiger partial charge in [0.15, 0.2) is 0 Å². The lowest BCUT2D eigenvalue weighted by atomic mass is 10.0. The lowest BCUT2D eigenvalue weighted by Crippen LogP contribution is -2.04. The second-order valence-electron chi connectivity index (χ2n) is 4.16.